The summed E-state index contributed by atoms with van der Waals surface area (Å²) in [5.74, 6) is -0.226. The molecule has 2 N–H and O–H groups in total. The molecule has 3 amide bonds. The van der Waals surface area contributed by atoms with Crippen LogP contribution in [0.25, 0.3) is 0 Å². The number of nitrogens with zero attached hydrogens (tertiary/aromatic N) is 3. The van der Waals surface area contributed by atoms with Crippen molar-refractivity contribution in [3.8, 4) is 0 Å². The van der Waals surface area contributed by atoms with Gasteiger partial charge in [-0.3, -0.25) is 4.79 Å². The number of imidazole rings is 1. The maximum Gasteiger partial charge on any atom is 0.319 e. The number of carbonyl (C=O) groups is 2. The van der Waals surface area contributed by atoms with Crippen molar-refractivity contribution in [3.63, 3.8) is 0 Å². The fourth-order valence-corrected chi connectivity index (χ4v) is 4.02. The molecule has 180 valence electrons. The molecule has 0 fully saturated rings. The third-order valence-electron chi connectivity index (χ3n) is 5.02. The number of carbonyl (C=O) groups excluding carboxylic acids is 2. The van der Waals surface area contributed by atoms with Crippen LogP contribution < -0.4 is 14.9 Å². The first kappa shape index (κ1) is 25.3. The lowest BCUT2D eigenvalue weighted by Gasteiger charge is -2.14. The van der Waals surface area contributed by atoms with Crippen molar-refractivity contribution in [1.29, 1.82) is 0 Å². The Balaban J connectivity index is 1.78. The lowest BCUT2D eigenvalue weighted by atomic mass is 10.2. The number of aryl methyl sites for hydroxylation is 2. The van der Waals surface area contributed by atoms with Gasteiger partial charge in [-0.25, -0.2) is 22.5 Å². The van der Waals surface area contributed by atoms with E-state index in [1.807, 2.05) is 13.8 Å². The highest BCUT2D eigenvalue weighted by molar-refractivity contribution is 7.75. The third kappa shape index (κ3) is 6.15. The number of rotatable bonds is 8. The number of thiol groups is 1. The Morgan fingerprint density at radius 3 is 2.44 bits per heavy atom. The zero-order valence-electron chi connectivity index (χ0n) is 19.0. The predicted molar refractivity (Wildman–Crippen MR) is 133 cm³/mol. The van der Waals surface area contributed by atoms with Crippen LogP contribution >= 0.6 is 11.6 Å². The van der Waals surface area contributed by atoms with E-state index in [0.29, 0.717) is 33.9 Å². The molecule has 11 heteroatoms. The van der Waals surface area contributed by atoms with E-state index < -0.39 is 16.8 Å². The summed E-state index contributed by atoms with van der Waals surface area (Å²) < 4.78 is 26.1. The fraction of sp³-hybridized carbons (Fsp3) is 0.261. The smallest absolute Gasteiger partial charge is 0.319 e. The molecule has 0 atom stereocenters. The highest BCUT2D eigenvalue weighted by atomic mass is 35.5. The average molecular weight is 504 g/mol. The zero-order valence-corrected chi connectivity index (χ0v) is 20.7. The van der Waals surface area contributed by atoms with Gasteiger partial charge in [-0.15, -0.1) is 0 Å². The Labute approximate surface area is 204 Å². The van der Waals surface area contributed by atoms with E-state index in [1.54, 1.807) is 54.0 Å². The summed E-state index contributed by atoms with van der Waals surface area (Å²) in [5.41, 5.74) is 2.48. The van der Waals surface area contributed by atoms with Crippen molar-refractivity contribution in [2.75, 3.05) is 16.2 Å². The summed E-state index contributed by atoms with van der Waals surface area (Å²) in [7, 11) is -3.21. The number of halogens is 1. The lowest BCUT2D eigenvalue weighted by Crippen LogP contribution is -2.29. The summed E-state index contributed by atoms with van der Waals surface area (Å²) >= 11 is 6.41. The van der Waals surface area contributed by atoms with Crippen LogP contribution in [0, 0.1) is 13.8 Å². The highest BCUT2D eigenvalue weighted by Gasteiger charge is 2.23. The van der Waals surface area contributed by atoms with Crippen LogP contribution in [0.2, 0.25) is 5.02 Å². The monoisotopic (exact) mass is 503 g/mol. The van der Waals surface area contributed by atoms with Gasteiger partial charge in [0.15, 0.2) is 0 Å². The number of hydrogen-bond donors (Lipinski definition) is 3. The van der Waals surface area contributed by atoms with Gasteiger partial charge >= 0.3 is 6.03 Å². The van der Waals surface area contributed by atoms with Crippen LogP contribution in [0.4, 0.5) is 16.2 Å². The molecule has 3 aromatic rings. The van der Waals surface area contributed by atoms with Gasteiger partial charge in [0.25, 0.3) is 5.91 Å². The highest BCUT2D eigenvalue weighted by Crippen LogP contribution is 2.23. The zero-order chi connectivity index (χ0) is 24.8. The predicted octanol–water partition coefficient (Wildman–Crippen LogP) is 3.91. The van der Waals surface area contributed by atoms with Gasteiger partial charge in [0.1, 0.15) is 11.5 Å². The Kier molecular flexibility index (Phi) is 8.30. The van der Waals surface area contributed by atoms with E-state index in [4.69, 9.17) is 11.6 Å². The molecule has 9 nitrogen and oxygen atoms in total. The molecular formula is C23H26ClN5O4S. The summed E-state index contributed by atoms with van der Waals surface area (Å²) in [5, 5.41) is 5.87. The maximum atomic E-state index is 13.0. The number of amides is 3. The average Bonchev–Trinajstić information content (AvgIpc) is 3.15. The fourth-order valence-electron chi connectivity index (χ4n) is 3.20. The van der Waals surface area contributed by atoms with Crippen LogP contribution in [-0.4, -0.2) is 36.5 Å². The number of urea groups is 1. The van der Waals surface area contributed by atoms with E-state index in [1.165, 1.54) is 6.20 Å². The molecular weight excluding hydrogens is 478 g/mol. The van der Waals surface area contributed by atoms with Crippen molar-refractivity contribution >= 4 is 45.8 Å². The van der Waals surface area contributed by atoms with Crippen LogP contribution in [0.5, 0.6) is 0 Å². The van der Waals surface area contributed by atoms with E-state index in [-0.39, 0.29) is 17.4 Å². The standard InChI is InChI=1S/C23H26ClN5O4S/c1-4-11-25-23(31)27-18-8-7-17(20(24)12-18)13-28-14-21(26-16(28)3)22(30)29(34(32)33)19-9-5-15(2)6-10-19/h5-10,12,14,34H,4,11,13H2,1-3H3,(H2,25,27,31). The number of nitrogens with one attached hydrogen (secondary N) is 2. The van der Waals surface area contributed by atoms with Gasteiger partial charge < -0.3 is 15.2 Å². The molecule has 0 bridgehead atoms. The van der Waals surface area contributed by atoms with Crippen molar-refractivity contribution in [2.45, 2.75) is 33.7 Å². The van der Waals surface area contributed by atoms with E-state index >= 15 is 0 Å². The van der Waals surface area contributed by atoms with Crippen molar-refractivity contribution in [2.24, 2.45) is 0 Å². The second-order valence-electron chi connectivity index (χ2n) is 7.68. The minimum atomic E-state index is -3.21. The molecule has 0 radical (unpaired) electrons. The van der Waals surface area contributed by atoms with Crippen LogP contribution in [0.1, 0.15) is 40.8 Å². The van der Waals surface area contributed by atoms with Crippen LogP contribution in [0.15, 0.2) is 48.7 Å². The molecule has 2 aromatic carbocycles. The maximum absolute atomic E-state index is 13.0. The Hall–Kier alpha value is -3.37. The second kappa shape index (κ2) is 11.2. The topological polar surface area (TPSA) is 113 Å². The first-order chi connectivity index (χ1) is 16.2. The molecule has 34 heavy (non-hydrogen) atoms. The minimum Gasteiger partial charge on any atom is -0.338 e. The van der Waals surface area contributed by atoms with Gasteiger partial charge in [-0.05, 0) is 50.1 Å². The quantitative estimate of drug-likeness (QED) is 0.403. The molecule has 1 aromatic heterocycles. The van der Waals surface area contributed by atoms with Gasteiger partial charge in [0, 0.05) is 23.5 Å². The Bertz CT molecular complexity index is 1260. The van der Waals surface area contributed by atoms with E-state index in [9.17, 15) is 18.0 Å². The van der Waals surface area contributed by atoms with Gasteiger partial charge in [0.2, 0.25) is 10.9 Å². The molecule has 0 aliphatic carbocycles. The minimum absolute atomic E-state index is 0.000667. The second-order valence-corrected chi connectivity index (χ2v) is 8.96. The van der Waals surface area contributed by atoms with Gasteiger partial charge in [-0.1, -0.05) is 42.3 Å². The molecule has 0 saturated carbocycles. The SMILES string of the molecule is CCCNC(=O)Nc1ccc(Cn2cc(C(=O)N(c3ccc(C)cc3)[SH](=O)=O)nc2C)c(Cl)c1. The normalized spacial score (nSPS) is 10.9. The van der Waals surface area contributed by atoms with Crippen molar-refractivity contribution in [1.82, 2.24) is 14.9 Å². The number of anilines is 2. The first-order valence-electron chi connectivity index (χ1n) is 10.6. The number of hydrogen-bond acceptors (Lipinski definition) is 5. The number of benzene rings is 2. The molecule has 1 heterocycles. The molecule has 0 aliphatic rings. The van der Waals surface area contributed by atoms with Gasteiger partial charge in [0.05, 0.1) is 12.2 Å². The molecule has 0 saturated heterocycles. The van der Waals surface area contributed by atoms with E-state index in [0.717, 1.165) is 17.5 Å². The Morgan fingerprint density at radius 1 is 1.12 bits per heavy atom. The first-order valence-corrected chi connectivity index (χ1v) is 12.1. The van der Waals surface area contributed by atoms with Crippen molar-refractivity contribution in [3.05, 3.63) is 76.3 Å². The third-order valence-corrected chi connectivity index (χ3v) is 6.11. The molecule has 0 spiro atoms. The largest absolute Gasteiger partial charge is 0.338 e. The van der Waals surface area contributed by atoms with Crippen LogP contribution in [-0.2, 0) is 17.4 Å². The molecule has 0 aliphatic heterocycles. The number of aromatic nitrogens is 2. The summed E-state index contributed by atoms with van der Waals surface area (Å²) in [6.45, 7) is 6.42. The van der Waals surface area contributed by atoms with Gasteiger partial charge in [-0.2, -0.15) is 0 Å². The van der Waals surface area contributed by atoms with Crippen LogP contribution in [0.3, 0.4) is 0 Å². The molecule has 0 unspecified atom stereocenters. The molecule has 3 rings (SSSR count). The summed E-state index contributed by atoms with van der Waals surface area (Å²) in [4.78, 5) is 29.1. The summed E-state index contributed by atoms with van der Waals surface area (Å²) in [6, 6.07) is 11.4. The van der Waals surface area contributed by atoms with E-state index in [2.05, 4.69) is 15.6 Å². The lowest BCUT2D eigenvalue weighted by molar-refractivity contribution is 0.100. The van der Waals surface area contributed by atoms with Crippen molar-refractivity contribution < 1.29 is 18.0 Å². The Morgan fingerprint density at radius 2 is 1.82 bits per heavy atom. The summed E-state index contributed by atoms with van der Waals surface area (Å²) in [6.07, 6.45) is 2.33.